The van der Waals surface area contributed by atoms with Gasteiger partial charge in [0.1, 0.15) is 17.5 Å². The number of fused-ring (bicyclic) bond motifs is 1. The molecule has 0 bridgehead atoms. The number of carbonyl (C=O) groups is 1. The molecule has 1 atom stereocenters. The second-order valence-corrected chi connectivity index (χ2v) is 11.7. The average molecular weight is 719 g/mol. The molecule has 0 fully saturated rings. The van der Waals surface area contributed by atoms with Crippen molar-refractivity contribution in [3.63, 3.8) is 0 Å². The fraction of sp³-hybridized carbons (Fsp3) is 0.194. The number of benzene rings is 3. The number of nitro groups is 1. The van der Waals surface area contributed by atoms with Gasteiger partial charge >= 0.3 is 17.8 Å². The van der Waals surface area contributed by atoms with Gasteiger partial charge in [-0.15, -0.1) is 0 Å². The summed E-state index contributed by atoms with van der Waals surface area (Å²) in [4.78, 5) is 42.8. The van der Waals surface area contributed by atoms with Gasteiger partial charge in [-0.3, -0.25) is 19.5 Å². The minimum absolute atomic E-state index is 0.0292. The van der Waals surface area contributed by atoms with Gasteiger partial charge in [0, 0.05) is 21.7 Å². The van der Waals surface area contributed by atoms with E-state index >= 15 is 0 Å². The summed E-state index contributed by atoms with van der Waals surface area (Å²) in [6, 6.07) is 12.5. The van der Waals surface area contributed by atoms with Crippen LogP contribution in [0.4, 0.5) is 18.9 Å². The number of hydrogen-bond donors (Lipinski definition) is 0. The summed E-state index contributed by atoms with van der Waals surface area (Å²) in [5.41, 5.74) is -1.29. The van der Waals surface area contributed by atoms with Crippen LogP contribution in [0.3, 0.4) is 0 Å². The Balaban J connectivity index is 1.68. The van der Waals surface area contributed by atoms with Crippen molar-refractivity contribution in [3.05, 3.63) is 123 Å². The maximum Gasteiger partial charge on any atom is 0.416 e. The molecule has 15 heteroatoms. The normalized spacial score (nSPS) is 14.8. The van der Waals surface area contributed by atoms with E-state index in [9.17, 15) is 32.9 Å². The van der Waals surface area contributed by atoms with Crippen molar-refractivity contribution >= 4 is 45.0 Å². The monoisotopic (exact) mass is 717 g/mol. The van der Waals surface area contributed by atoms with Crippen molar-refractivity contribution in [1.29, 1.82) is 0 Å². The second-order valence-electron chi connectivity index (χ2n) is 9.77. The van der Waals surface area contributed by atoms with Crippen LogP contribution < -0.4 is 24.4 Å². The molecule has 46 heavy (non-hydrogen) atoms. The SMILES string of the molecule is CCOC(=O)C1=C(C)N=c2s/c(=C\c3cc(Br)ccc3Oc3ccc(C(F)(F)F)cc3[N+](=O)[O-])c(=O)n2[C@H]1c1ccccc1OC. The molecule has 238 valence electrons. The van der Waals surface area contributed by atoms with E-state index in [1.165, 1.54) is 23.8 Å². The van der Waals surface area contributed by atoms with E-state index in [-0.39, 0.29) is 32.8 Å². The average Bonchev–Trinajstić information content (AvgIpc) is 3.31. The Morgan fingerprint density at radius 1 is 1.13 bits per heavy atom. The number of thiazole rings is 1. The van der Waals surface area contributed by atoms with Crippen molar-refractivity contribution in [2.45, 2.75) is 26.1 Å². The molecule has 1 aromatic heterocycles. The highest BCUT2D eigenvalue weighted by atomic mass is 79.9. The van der Waals surface area contributed by atoms with Gasteiger partial charge in [-0.05, 0) is 56.3 Å². The molecule has 1 aliphatic rings. The molecule has 0 aliphatic carbocycles. The molecule has 10 nitrogen and oxygen atoms in total. The number of para-hydroxylation sites is 1. The van der Waals surface area contributed by atoms with E-state index in [1.807, 2.05) is 0 Å². The molecule has 0 amide bonds. The van der Waals surface area contributed by atoms with Crippen molar-refractivity contribution in [1.82, 2.24) is 4.57 Å². The highest BCUT2D eigenvalue weighted by molar-refractivity contribution is 9.10. The van der Waals surface area contributed by atoms with Gasteiger partial charge in [0.2, 0.25) is 5.75 Å². The van der Waals surface area contributed by atoms with Crippen molar-refractivity contribution in [3.8, 4) is 17.2 Å². The topological polar surface area (TPSA) is 122 Å². The van der Waals surface area contributed by atoms with E-state index in [1.54, 1.807) is 50.2 Å². The summed E-state index contributed by atoms with van der Waals surface area (Å²) in [7, 11) is 1.47. The van der Waals surface area contributed by atoms with Gasteiger partial charge in [-0.2, -0.15) is 13.2 Å². The van der Waals surface area contributed by atoms with Crippen LogP contribution in [0.25, 0.3) is 6.08 Å². The number of aromatic nitrogens is 1. The fourth-order valence-corrected chi connectivity index (χ4v) is 6.30. The maximum atomic E-state index is 14.1. The zero-order valence-corrected chi connectivity index (χ0v) is 26.7. The molecule has 0 saturated heterocycles. The van der Waals surface area contributed by atoms with Gasteiger partial charge in [0.05, 0.1) is 40.0 Å². The number of esters is 1. The minimum atomic E-state index is -4.80. The van der Waals surface area contributed by atoms with Crippen LogP contribution in [0.15, 0.2) is 86.2 Å². The summed E-state index contributed by atoms with van der Waals surface area (Å²) >= 11 is 4.39. The van der Waals surface area contributed by atoms with Crippen molar-refractivity contribution in [2.75, 3.05) is 13.7 Å². The number of allylic oxidation sites excluding steroid dienone is 1. The van der Waals surface area contributed by atoms with Gasteiger partial charge in [-0.1, -0.05) is 45.5 Å². The molecule has 1 aliphatic heterocycles. The molecule has 0 unspecified atom stereocenters. The van der Waals surface area contributed by atoms with Crippen LogP contribution >= 0.6 is 27.3 Å². The first-order valence-corrected chi connectivity index (χ1v) is 15.1. The van der Waals surface area contributed by atoms with E-state index < -0.39 is 45.7 Å². The van der Waals surface area contributed by atoms with Crippen molar-refractivity contribution in [2.24, 2.45) is 4.99 Å². The van der Waals surface area contributed by atoms with Gasteiger partial charge in [-0.25, -0.2) is 9.79 Å². The molecule has 5 rings (SSSR count). The minimum Gasteiger partial charge on any atom is -0.496 e. The first-order chi connectivity index (χ1) is 21.8. The fourth-order valence-electron chi connectivity index (χ4n) is 4.89. The summed E-state index contributed by atoms with van der Waals surface area (Å²) in [6.07, 6.45) is -3.32. The molecular formula is C31H23BrF3N3O7S. The third-order valence-corrected chi connectivity index (χ3v) is 8.39. The zero-order valence-electron chi connectivity index (χ0n) is 24.3. The third kappa shape index (κ3) is 6.33. The molecule has 0 spiro atoms. The van der Waals surface area contributed by atoms with Crippen LogP contribution in [0.2, 0.25) is 0 Å². The first-order valence-electron chi connectivity index (χ1n) is 13.5. The molecule has 0 N–H and O–H groups in total. The number of halogens is 4. The molecule has 4 aromatic rings. The Morgan fingerprint density at radius 2 is 1.85 bits per heavy atom. The lowest BCUT2D eigenvalue weighted by Crippen LogP contribution is -2.40. The second kappa shape index (κ2) is 12.9. The van der Waals surface area contributed by atoms with E-state index in [0.717, 1.165) is 17.4 Å². The molecule has 2 heterocycles. The number of nitro benzene ring substituents is 1. The standard InChI is InChI=1S/C31H23BrF3N3O7S/c1-4-44-29(40)26-16(2)36-30-37(27(26)20-7-5-6-8-23(20)43-3)28(39)25(46-30)14-17-13-19(32)10-12-22(17)45-24-11-9-18(31(33,34)35)15-21(24)38(41)42/h5-15,27H,4H2,1-3H3/b25-14-/t27-/m0/s1. The van der Waals surface area contributed by atoms with Crippen LogP contribution in [0, 0.1) is 10.1 Å². The molecule has 3 aromatic carbocycles. The van der Waals surface area contributed by atoms with E-state index in [4.69, 9.17) is 14.2 Å². The summed E-state index contributed by atoms with van der Waals surface area (Å²) in [5, 5.41) is 11.7. The predicted molar refractivity (Wildman–Crippen MR) is 166 cm³/mol. The Labute approximate surface area is 271 Å². The highest BCUT2D eigenvalue weighted by Crippen LogP contribution is 2.39. The number of methoxy groups -OCH3 is 1. The third-order valence-electron chi connectivity index (χ3n) is 6.91. The van der Waals surface area contributed by atoms with Crippen LogP contribution in [-0.4, -0.2) is 29.2 Å². The summed E-state index contributed by atoms with van der Waals surface area (Å²) < 4.78 is 58.5. The number of rotatable bonds is 8. The Bertz CT molecular complexity index is 2090. The van der Waals surface area contributed by atoms with Crippen LogP contribution in [-0.2, 0) is 15.7 Å². The largest absolute Gasteiger partial charge is 0.496 e. The number of hydrogen-bond acceptors (Lipinski definition) is 9. The van der Waals surface area contributed by atoms with Gasteiger partial charge in [0.25, 0.3) is 5.56 Å². The van der Waals surface area contributed by atoms with Gasteiger partial charge in [0.15, 0.2) is 4.80 Å². The summed E-state index contributed by atoms with van der Waals surface area (Å²) in [6.45, 7) is 3.41. The van der Waals surface area contributed by atoms with Crippen molar-refractivity contribution < 1.29 is 37.1 Å². The van der Waals surface area contributed by atoms with Crippen LogP contribution in [0.1, 0.15) is 36.6 Å². The smallest absolute Gasteiger partial charge is 0.416 e. The number of carbonyl (C=O) groups excluding carboxylic acids is 1. The molecular weight excluding hydrogens is 695 g/mol. The first kappa shape index (κ1) is 32.6. The molecule has 0 saturated carbocycles. The quantitative estimate of drug-likeness (QED) is 0.119. The maximum absolute atomic E-state index is 14.1. The Kier molecular flexibility index (Phi) is 9.17. The van der Waals surface area contributed by atoms with Gasteiger partial charge < -0.3 is 14.2 Å². The highest BCUT2D eigenvalue weighted by Gasteiger charge is 2.36. The Morgan fingerprint density at radius 3 is 2.52 bits per heavy atom. The van der Waals surface area contributed by atoms with E-state index in [2.05, 4.69) is 20.9 Å². The predicted octanol–water partition coefficient (Wildman–Crippen LogP) is 6.29. The number of ether oxygens (including phenoxy) is 3. The zero-order chi connectivity index (χ0) is 33.3. The number of alkyl halides is 3. The van der Waals surface area contributed by atoms with E-state index in [0.29, 0.717) is 33.6 Å². The summed E-state index contributed by atoms with van der Waals surface area (Å²) in [5.74, 6) is -0.613. The lowest BCUT2D eigenvalue weighted by Gasteiger charge is -2.25. The Hall–Kier alpha value is -4.76. The lowest BCUT2D eigenvalue weighted by molar-refractivity contribution is -0.385. The molecule has 0 radical (unpaired) electrons. The number of nitrogens with zero attached hydrogens (tertiary/aromatic N) is 3. The lowest BCUT2D eigenvalue weighted by atomic mass is 9.95. The van der Waals surface area contributed by atoms with Crippen LogP contribution in [0.5, 0.6) is 17.2 Å².